The maximum Gasteiger partial charge on any atom is 0.234 e. The first-order valence-electron chi connectivity index (χ1n) is 8.87. The van der Waals surface area contributed by atoms with Crippen molar-refractivity contribution in [3.05, 3.63) is 59.4 Å². The third-order valence-corrected chi connectivity index (χ3v) is 6.26. The number of thioether (sulfide) groups is 2. The van der Waals surface area contributed by atoms with Crippen LogP contribution in [0.15, 0.2) is 42.7 Å². The van der Waals surface area contributed by atoms with Crippen LogP contribution in [0, 0.1) is 6.92 Å². The van der Waals surface area contributed by atoms with Crippen molar-refractivity contribution in [1.29, 1.82) is 0 Å². The van der Waals surface area contributed by atoms with Crippen LogP contribution in [0.2, 0.25) is 0 Å². The molecule has 0 saturated carbocycles. The Labute approximate surface area is 164 Å². The lowest BCUT2D eigenvalue weighted by atomic mass is 10.1. The van der Waals surface area contributed by atoms with E-state index in [4.69, 9.17) is 0 Å². The highest BCUT2D eigenvalue weighted by Gasteiger charge is 2.12. The first kappa shape index (κ1) is 19.3. The van der Waals surface area contributed by atoms with Crippen LogP contribution < -0.4 is 5.32 Å². The van der Waals surface area contributed by atoms with Gasteiger partial charge in [0.1, 0.15) is 0 Å². The zero-order valence-corrected chi connectivity index (χ0v) is 16.7. The number of aromatic nitrogens is 1. The first-order valence-corrected chi connectivity index (χ1v) is 11.2. The number of pyridine rings is 1. The molecule has 0 spiro atoms. The van der Waals surface area contributed by atoms with Gasteiger partial charge in [-0.2, -0.15) is 11.8 Å². The summed E-state index contributed by atoms with van der Waals surface area (Å²) in [6.45, 7) is 5.29. The summed E-state index contributed by atoms with van der Waals surface area (Å²) in [4.78, 5) is 18.9. The third-order valence-electron chi connectivity index (χ3n) is 4.31. The Morgan fingerprint density at radius 3 is 2.88 bits per heavy atom. The van der Waals surface area contributed by atoms with E-state index < -0.39 is 0 Å². The van der Waals surface area contributed by atoms with Crippen molar-refractivity contribution in [3.63, 3.8) is 0 Å². The molecule has 0 radical (unpaired) electrons. The molecular formula is C20H25N3OS2. The number of nitrogens with one attached hydrogen (secondary N) is 1. The smallest absolute Gasteiger partial charge is 0.234 e. The van der Waals surface area contributed by atoms with Crippen molar-refractivity contribution in [2.75, 3.05) is 35.7 Å². The monoisotopic (exact) mass is 387 g/mol. The van der Waals surface area contributed by atoms with E-state index in [-0.39, 0.29) is 5.91 Å². The van der Waals surface area contributed by atoms with Gasteiger partial charge in [-0.25, -0.2) is 0 Å². The van der Waals surface area contributed by atoms with Gasteiger partial charge in [0, 0.05) is 55.0 Å². The molecular weight excluding hydrogens is 362 g/mol. The van der Waals surface area contributed by atoms with Gasteiger partial charge in [-0.3, -0.25) is 14.7 Å². The van der Waals surface area contributed by atoms with E-state index in [0.29, 0.717) is 5.75 Å². The van der Waals surface area contributed by atoms with Crippen LogP contribution in [-0.4, -0.2) is 46.1 Å². The van der Waals surface area contributed by atoms with E-state index in [0.717, 1.165) is 42.2 Å². The van der Waals surface area contributed by atoms with Crippen LogP contribution in [-0.2, 0) is 17.1 Å². The summed E-state index contributed by atoms with van der Waals surface area (Å²) in [6.07, 6.45) is 3.61. The quantitative estimate of drug-likeness (QED) is 0.783. The van der Waals surface area contributed by atoms with Crippen molar-refractivity contribution in [2.24, 2.45) is 0 Å². The number of nitrogens with zero attached hydrogens (tertiary/aromatic N) is 2. The second kappa shape index (κ2) is 10.00. The summed E-state index contributed by atoms with van der Waals surface area (Å²) in [5.41, 5.74) is 4.44. The van der Waals surface area contributed by atoms with Gasteiger partial charge in [0.2, 0.25) is 5.91 Å². The Bertz CT molecular complexity index is 718. The molecule has 1 aliphatic rings. The highest BCUT2D eigenvalue weighted by Crippen LogP contribution is 2.20. The molecule has 1 aromatic carbocycles. The number of amides is 1. The van der Waals surface area contributed by atoms with E-state index in [1.807, 2.05) is 37.0 Å². The molecule has 1 aliphatic heterocycles. The maximum absolute atomic E-state index is 12.3. The van der Waals surface area contributed by atoms with Gasteiger partial charge in [-0.15, -0.1) is 11.8 Å². The number of hydrogen-bond donors (Lipinski definition) is 1. The van der Waals surface area contributed by atoms with E-state index >= 15 is 0 Å². The normalized spacial score (nSPS) is 15.0. The van der Waals surface area contributed by atoms with Crippen molar-refractivity contribution < 1.29 is 4.79 Å². The Kier molecular flexibility index (Phi) is 7.41. The molecule has 2 aromatic rings. The highest BCUT2D eigenvalue weighted by molar-refractivity contribution is 7.99. The van der Waals surface area contributed by atoms with Crippen LogP contribution in [0.1, 0.15) is 16.7 Å². The summed E-state index contributed by atoms with van der Waals surface area (Å²) >= 11 is 3.63. The van der Waals surface area contributed by atoms with Gasteiger partial charge in [-0.05, 0) is 35.7 Å². The molecule has 3 rings (SSSR count). The number of benzene rings is 1. The van der Waals surface area contributed by atoms with Crippen molar-refractivity contribution >= 4 is 35.1 Å². The minimum atomic E-state index is 0.0495. The Morgan fingerprint density at radius 1 is 1.27 bits per heavy atom. The number of carbonyl (C=O) groups is 1. The number of carbonyl (C=O) groups excluding carboxylic acids is 1. The highest BCUT2D eigenvalue weighted by atomic mass is 32.2. The zero-order chi connectivity index (χ0) is 18.2. The second-order valence-electron chi connectivity index (χ2n) is 6.44. The second-order valence-corrected chi connectivity index (χ2v) is 8.65. The summed E-state index contributed by atoms with van der Waals surface area (Å²) in [6, 6.07) is 10.4. The van der Waals surface area contributed by atoms with Gasteiger partial charge < -0.3 is 5.32 Å². The van der Waals surface area contributed by atoms with Gasteiger partial charge in [0.05, 0.1) is 5.75 Å². The Morgan fingerprint density at radius 2 is 2.12 bits per heavy atom. The average Bonchev–Trinajstić information content (AvgIpc) is 2.66. The van der Waals surface area contributed by atoms with Gasteiger partial charge in [0.15, 0.2) is 0 Å². The Hall–Kier alpha value is -1.50. The van der Waals surface area contributed by atoms with Crippen LogP contribution >= 0.6 is 23.5 Å². The average molecular weight is 388 g/mol. The number of aryl methyl sites for hydroxylation is 1. The van der Waals surface area contributed by atoms with Gasteiger partial charge in [0.25, 0.3) is 0 Å². The lowest BCUT2D eigenvalue weighted by Crippen LogP contribution is -2.32. The molecule has 138 valence electrons. The maximum atomic E-state index is 12.3. The van der Waals surface area contributed by atoms with Gasteiger partial charge >= 0.3 is 0 Å². The predicted molar refractivity (Wildman–Crippen MR) is 113 cm³/mol. The molecule has 1 saturated heterocycles. The molecule has 1 fully saturated rings. The predicted octanol–water partition coefficient (Wildman–Crippen LogP) is 3.81. The van der Waals surface area contributed by atoms with Crippen LogP contribution in [0.5, 0.6) is 0 Å². The SMILES string of the molecule is Cc1ccc(CN2CCSCC2)cc1NC(=O)CSCc1cccnc1. The van der Waals surface area contributed by atoms with Crippen molar-refractivity contribution in [2.45, 2.75) is 19.2 Å². The van der Waals surface area contributed by atoms with E-state index in [1.165, 1.54) is 17.1 Å². The largest absolute Gasteiger partial charge is 0.325 e. The minimum absolute atomic E-state index is 0.0495. The van der Waals surface area contributed by atoms with Crippen molar-refractivity contribution in [3.8, 4) is 0 Å². The topological polar surface area (TPSA) is 45.2 Å². The first-order chi connectivity index (χ1) is 12.7. The third kappa shape index (κ3) is 6.04. The summed E-state index contributed by atoms with van der Waals surface area (Å²) in [5, 5.41) is 3.08. The molecule has 6 heteroatoms. The fraction of sp³-hybridized carbons (Fsp3) is 0.400. The molecule has 1 N–H and O–H groups in total. The molecule has 1 amide bonds. The van der Waals surface area contributed by atoms with Crippen molar-refractivity contribution in [1.82, 2.24) is 9.88 Å². The fourth-order valence-corrected chi connectivity index (χ4v) is 4.60. The molecule has 4 nitrogen and oxygen atoms in total. The van der Waals surface area contributed by atoms with E-state index in [1.54, 1.807) is 18.0 Å². The number of rotatable bonds is 7. The number of anilines is 1. The molecule has 1 aromatic heterocycles. The summed E-state index contributed by atoms with van der Waals surface area (Å²) in [5.74, 6) is 3.72. The van der Waals surface area contributed by atoms with E-state index in [9.17, 15) is 4.79 Å². The van der Waals surface area contributed by atoms with E-state index in [2.05, 4.69) is 33.4 Å². The van der Waals surface area contributed by atoms with Gasteiger partial charge in [-0.1, -0.05) is 18.2 Å². The molecule has 0 atom stereocenters. The zero-order valence-electron chi connectivity index (χ0n) is 15.1. The molecule has 26 heavy (non-hydrogen) atoms. The molecule has 0 aliphatic carbocycles. The Balaban J connectivity index is 1.51. The molecule has 0 bridgehead atoms. The fourth-order valence-electron chi connectivity index (χ4n) is 2.85. The van der Waals surface area contributed by atoms with Crippen LogP contribution in [0.25, 0.3) is 0 Å². The summed E-state index contributed by atoms with van der Waals surface area (Å²) in [7, 11) is 0. The lowest BCUT2D eigenvalue weighted by molar-refractivity contribution is -0.113. The molecule has 0 unspecified atom stereocenters. The molecule has 2 heterocycles. The lowest BCUT2D eigenvalue weighted by Gasteiger charge is -2.26. The standard InChI is InChI=1S/C20H25N3OS2/c1-16-4-5-17(13-23-7-9-25-10-8-23)11-19(16)22-20(24)15-26-14-18-3-2-6-21-12-18/h2-6,11-12H,7-10,13-15H2,1H3,(H,22,24). The van der Waals surface area contributed by atoms with Crippen LogP contribution in [0.4, 0.5) is 5.69 Å². The number of hydrogen-bond acceptors (Lipinski definition) is 5. The van der Waals surface area contributed by atoms with Crippen LogP contribution in [0.3, 0.4) is 0 Å². The summed E-state index contributed by atoms with van der Waals surface area (Å²) < 4.78 is 0. The minimum Gasteiger partial charge on any atom is -0.325 e.